The van der Waals surface area contributed by atoms with Gasteiger partial charge in [-0.2, -0.15) is 0 Å². The summed E-state index contributed by atoms with van der Waals surface area (Å²) in [6.45, 7) is 3.97. The van der Waals surface area contributed by atoms with Gasteiger partial charge >= 0.3 is 0 Å². The molecule has 0 unspecified atom stereocenters. The highest BCUT2D eigenvalue weighted by Crippen LogP contribution is 2.16. The minimum atomic E-state index is -0.0381. The van der Waals surface area contributed by atoms with Gasteiger partial charge in [-0.3, -0.25) is 14.8 Å². The van der Waals surface area contributed by atoms with Crippen LogP contribution in [0.3, 0.4) is 0 Å². The van der Waals surface area contributed by atoms with E-state index in [4.69, 9.17) is 0 Å². The third-order valence-electron chi connectivity index (χ3n) is 2.56. The molecule has 0 aliphatic heterocycles. The van der Waals surface area contributed by atoms with Gasteiger partial charge < -0.3 is 5.32 Å². The van der Waals surface area contributed by atoms with Crippen molar-refractivity contribution in [2.24, 2.45) is 0 Å². The van der Waals surface area contributed by atoms with Crippen molar-refractivity contribution in [3.05, 3.63) is 47.9 Å². The lowest BCUT2D eigenvalue weighted by Crippen LogP contribution is -2.18. The summed E-state index contributed by atoms with van der Waals surface area (Å²) in [5.74, 6) is -0.0381. The van der Waals surface area contributed by atoms with Crippen molar-refractivity contribution in [3.63, 3.8) is 0 Å². The lowest BCUT2D eigenvalue weighted by Gasteiger charge is -2.04. The van der Waals surface area contributed by atoms with Crippen LogP contribution in [0.5, 0.6) is 0 Å². The Morgan fingerprint density at radius 1 is 1.28 bits per heavy atom. The Morgan fingerprint density at radius 3 is 2.72 bits per heavy atom. The Bertz CT molecular complexity index is 549. The molecule has 0 spiro atoms. The zero-order valence-electron chi connectivity index (χ0n) is 10.5. The highest BCUT2D eigenvalue weighted by atomic mass is 16.1. The predicted molar refractivity (Wildman–Crippen MR) is 69.7 cm³/mol. The average Bonchev–Trinajstić information content (AvgIpc) is 2.37. The van der Waals surface area contributed by atoms with Crippen LogP contribution in [0.25, 0.3) is 11.3 Å². The van der Waals surface area contributed by atoms with E-state index < -0.39 is 0 Å². The van der Waals surface area contributed by atoms with Crippen molar-refractivity contribution in [2.45, 2.75) is 20.4 Å². The van der Waals surface area contributed by atoms with Crippen LogP contribution in [0.1, 0.15) is 18.2 Å². The van der Waals surface area contributed by atoms with Gasteiger partial charge in [-0.05, 0) is 30.7 Å². The topological polar surface area (TPSA) is 54.9 Å². The number of hydrogen-bond donors (Lipinski definition) is 1. The van der Waals surface area contributed by atoms with Gasteiger partial charge in [0.25, 0.3) is 0 Å². The molecular weight excluding hydrogens is 226 g/mol. The molecule has 1 N–H and O–H groups in total. The van der Waals surface area contributed by atoms with Crippen LogP contribution in [0.4, 0.5) is 0 Å². The number of aryl methyl sites for hydroxylation is 1. The van der Waals surface area contributed by atoms with Crippen molar-refractivity contribution in [1.82, 2.24) is 15.3 Å². The standard InChI is InChI=1S/C14H15N3O/c1-10-7-13(5-6-15-10)14-4-3-12(9-17-14)8-16-11(2)18/h3-7,9H,8H2,1-2H3,(H,16,18). The van der Waals surface area contributed by atoms with Gasteiger partial charge in [-0.15, -0.1) is 0 Å². The van der Waals surface area contributed by atoms with Gasteiger partial charge in [0.1, 0.15) is 0 Å². The highest BCUT2D eigenvalue weighted by Gasteiger charge is 2.01. The second-order valence-electron chi connectivity index (χ2n) is 4.15. The summed E-state index contributed by atoms with van der Waals surface area (Å²) in [5, 5.41) is 2.74. The van der Waals surface area contributed by atoms with E-state index in [1.165, 1.54) is 6.92 Å². The fraction of sp³-hybridized carbons (Fsp3) is 0.214. The lowest BCUT2D eigenvalue weighted by atomic mass is 10.1. The van der Waals surface area contributed by atoms with E-state index in [1.54, 1.807) is 12.4 Å². The van der Waals surface area contributed by atoms with Crippen LogP contribution in [0, 0.1) is 6.92 Å². The number of hydrogen-bond acceptors (Lipinski definition) is 3. The third kappa shape index (κ3) is 3.13. The molecule has 18 heavy (non-hydrogen) atoms. The highest BCUT2D eigenvalue weighted by molar-refractivity contribution is 5.72. The molecule has 2 rings (SSSR count). The van der Waals surface area contributed by atoms with Crippen LogP contribution in [-0.4, -0.2) is 15.9 Å². The number of pyridine rings is 2. The van der Waals surface area contributed by atoms with Crippen molar-refractivity contribution < 1.29 is 4.79 Å². The molecule has 0 saturated carbocycles. The third-order valence-corrected chi connectivity index (χ3v) is 2.56. The zero-order valence-corrected chi connectivity index (χ0v) is 10.5. The minimum absolute atomic E-state index is 0.0381. The van der Waals surface area contributed by atoms with Crippen LogP contribution in [0.2, 0.25) is 0 Å². The van der Waals surface area contributed by atoms with E-state index in [2.05, 4.69) is 15.3 Å². The SMILES string of the molecule is CC(=O)NCc1ccc(-c2ccnc(C)c2)nc1. The molecule has 0 aliphatic carbocycles. The molecule has 0 bridgehead atoms. The van der Waals surface area contributed by atoms with Crippen LogP contribution >= 0.6 is 0 Å². The van der Waals surface area contributed by atoms with Crippen molar-refractivity contribution in [2.75, 3.05) is 0 Å². The number of nitrogens with one attached hydrogen (secondary N) is 1. The van der Waals surface area contributed by atoms with Crippen LogP contribution in [-0.2, 0) is 11.3 Å². The fourth-order valence-corrected chi connectivity index (χ4v) is 1.63. The molecule has 2 aromatic rings. The summed E-state index contributed by atoms with van der Waals surface area (Å²) in [4.78, 5) is 19.3. The van der Waals surface area contributed by atoms with Gasteiger partial charge in [0.2, 0.25) is 5.91 Å². The molecule has 0 saturated heterocycles. The fourth-order valence-electron chi connectivity index (χ4n) is 1.63. The molecule has 2 aromatic heterocycles. The molecule has 0 radical (unpaired) electrons. The second-order valence-corrected chi connectivity index (χ2v) is 4.15. The lowest BCUT2D eigenvalue weighted by molar-refractivity contribution is -0.119. The molecule has 0 fully saturated rings. The number of amides is 1. The van der Waals surface area contributed by atoms with E-state index in [0.29, 0.717) is 6.54 Å². The molecule has 0 atom stereocenters. The maximum atomic E-state index is 10.8. The number of aromatic nitrogens is 2. The smallest absolute Gasteiger partial charge is 0.217 e. The first-order valence-corrected chi connectivity index (χ1v) is 5.77. The predicted octanol–water partition coefficient (Wildman–Crippen LogP) is 2.09. The Kier molecular flexibility index (Phi) is 3.67. The molecule has 92 valence electrons. The average molecular weight is 241 g/mol. The first-order valence-electron chi connectivity index (χ1n) is 5.77. The van der Waals surface area contributed by atoms with Gasteiger partial charge in [-0.25, -0.2) is 0 Å². The normalized spacial score (nSPS) is 10.1. The molecule has 0 aliphatic rings. The minimum Gasteiger partial charge on any atom is -0.352 e. The number of carbonyl (C=O) groups is 1. The molecule has 4 nitrogen and oxygen atoms in total. The summed E-state index contributed by atoms with van der Waals surface area (Å²) >= 11 is 0. The Balaban J connectivity index is 2.14. The van der Waals surface area contributed by atoms with Crippen molar-refractivity contribution in [1.29, 1.82) is 0 Å². The first kappa shape index (κ1) is 12.2. The summed E-state index contributed by atoms with van der Waals surface area (Å²) in [6.07, 6.45) is 3.55. The molecule has 1 amide bonds. The summed E-state index contributed by atoms with van der Waals surface area (Å²) in [6, 6.07) is 7.85. The number of carbonyl (C=O) groups excluding carboxylic acids is 1. The van der Waals surface area contributed by atoms with Crippen LogP contribution in [0.15, 0.2) is 36.7 Å². The quantitative estimate of drug-likeness (QED) is 0.895. The van der Waals surface area contributed by atoms with Gasteiger partial charge in [0.15, 0.2) is 0 Å². The van der Waals surface area contributed by atoms with E-state index in [0.717, 1.165) is 22.5 Å². The summed E-state index contributed by atoms with van der Waals surface area (Å²) in [7, 11) is 0. The van der Waals surface area contributed by atoms with E-state index >= 15 is 0 Å². The molecule has 0 aromatic carbocycles. The van der Waals surface area contributed by atoms with E-state index in [9.17, 15) is 4.79 Å². The summed E-state index contributed by atoms with van der Waals surface area (Å²) in [5.41, 5.74) is 3.91. The van der Waals surface area contributed by atoms with Gasteiger partial charge in [0.05, 0.1) is 5.69 Å². The second kappa shape index (κ2) is 5.40. The van der Waals surface area contributed by atoms with Crippen molar-refractivity contribution >= 4 is 5.91 Å². The van der Waals surface area contributed by atoms with Crippen molar-refractivity contribution in [3.8, 4) is 11.3 Å². The molecular formula is C14H15N3O. The largest absolute Gasteiger partial charge is 0.352 e. The monoisotopic (exact) mass is 241 g/mol. The molecule has 4 heteroatoms. The number of rotatable bonds is 3. The van der Waals surface area contributed by atoms with E-state index in [1.807, 2.05) is 31.2 Å². The molecule has 2 heterocycles. The Morgan fingerprint density at radius 2 is 2.11 bits per heavy atom. The maximum Gasteiger partial charge on any atom is 0.217 e. The maximum absolute atomic E-state index is 10.8. The Labute approximate surface area is 106 Å². The summed E-state index contributed by atoms with van der Waals surface area (Å²) < 4.78 is 0. The number of nitrogens with zero attached hydrogens (tertiary/aromatic N) is 2. The van der Waals surface area contributed by atoms with Gasteiger partial charge in [0, 0.05) is 37.1 Å². The first-order chi connectivity index (χ1) is 8.65. The Hall–Kier alpha value is -2.23. The zero-order chi connectivity index (χ0) is 13.0. The van der Waals surface area contributed by atoms with E-state index in [-0.39, 0.29) is 5.91 Å². The van der Waals surface area contributed by atoms with Gasteiger partial charge in [-0.1, -0.05) is 6.07 Å². The van der Waals surface area contributed by atoms with Crippen LogP contribution < -0.4 is 5.32 Å².